The molecule has 4 heteroatoms. The van der Waals surface area contributed by atoms with Crippen LogP contribution in [0.5, 0.6) is 0 Å². The van der Waals surface area contributed by atoms with Crippen LogP contribution >= 0.6 is 12.4 Å². The van der Waals surface area contributed by atoms with Crippen LogP contribution in [-0.2, 0) is 0 Å². The highest BCUT2D eigenvalue weighted by Crippen LogP contribution is 2.25. The molecule has 1 fully saturated rings. The van der Waals surface area contributed by atoms with Crippen molar-refractivity contribution < 1.29 is 0 Å². The van der Waals surface area contributed by atoms with E-state index >= 15 is 0 Å². The van der Waals surface area contributed by atoms with Crippen molar-refractivity contribution in [3.05, 3.63) is 17.5 Å². The Morgan fingerprint density at radius 3 is 2.53 bits per heavy atom. The summed E-state index contributed by atoms with van der Waals surface area (Å²) in [4.78, 5) is 0. The zero-order valence-corrected chi connectivity index (χ0v) is 10.2. The van der Waals surface area contributed by atoms with Crippen molar-refractivity contribution in [2.75, 3.05) is 13.1 Å². The van der Waals surface area contributed by atoms with Crippen LogP contribution in [0.2, 0.25) is 0 Å². The van der Waals surface area contributed by atoms with Crippen LogP contribution in [0, 0.1) is 0 Å². The first-order valence-electron chi connectivity index (χ1n) is 5.53. The molecule has 0 aliphatic carbocycles. The van der Waals surface area contributed by atoms with E-state index in [1.54, 1.807) is 0 Å². The Bertz CT molecular complexity index is 290. The Kier molecular flexibility index (Phi) is 4.61. The minimum Gasteiger partial charge on any atom is -0.317 e. The molecule has 1 aromatic heterocycles. The molecule has 0 saturated carbocycles. The number of hydrogen-bond acceptors (Lipinski definition) is 2. The largest absolute Gasteiger partial charge is 0.317 e. The van der Waals surface area contributed by atoms with Crippen molar-refractivity contribution in [2.24, 2.45) is 0 Å². The summed E-state index contributed by atoms with van der Waals surface area (Å²) in [6, 6.07) is 2.24. The molecule has 2 rings (SSSR count). The van der Waals surface area contributed by atoms with Gasteiger partial charge in [0.1, 0.15) is 0 Å². The third-order valence-corrected chi connectivity index (χ3v) is 2.99. The summed E-state index contributed by atoms with van der Waals surface area (Å²) in [5, 5.41) is 10.9. The highest BCUT2D eigenvalue weighted by molar-refractivity contribution is 5.85. The van der Waals surface area contributed by atoms with E-state index in [0.717, 1.165) is 13.1 Å². The van der Waals surface area contributed by atoms with Gasteiger partial charge in [-0.3, -0.25) is 5.10 Å². The molecule has 2 heterocycles. The first kappa shape index (κ1) is 12.5. The van der Waals surface area contributed by atoms with Gasteiger partial charge >= 0.3 is 0 Å². The van der Waals surface area contributed by atoms with Crippen LogP contribution in [0.1, 0.15) is 49.9 Å². The van der Waals surface area contributed by atoms with E-state index in [-0.39, 0.29) is 12.4 Å². The number of H-pyrrole nitrogens is 1. The number of aromatic amines is 1. The minimum absolute atomic E-state index is 0. The first-order chi connectivity index (χ1) is 6.77. The van der Waals surface area contributed by atoms with Crippen LogP contribution in [-0.4, -0.2) is 23.3 Å². The lowest BCUT2D eigenvalue weighted by Gasteiger charge is -2.20. The maximum atomic E-state index is 4.35. The van der Waals surface area contributed by atoms with E-state index in [2.05, 4.69) is 35.4 Å². The minimum atomic E-state index is 0. The maximum Gasteiger partial charge on any atom is 0.0650 e. The second-order valence-electron chi connectivity index (χ2n) is 4.43. The Morgan fingerprint density at radius 2 is 2.00 bits per heavy atom. The van der Waals surface area contributed by atoms with Crippen LogP contribution < -0.4 is 5.32 Å². The van der Waals surface area contributed by atoms with E-state index in [9.17, 15) is 0 Å². The predicted molar refractivity (Wildman–Crippen MR) is 64.8 cm³/mol. The molecule has 1 aliphatic rings. The lowest BCUT2D eigenvalue weighted by molar-refractivity contribution is 0.453. The Hall–Kier alpha value is -0.540. The highest BCUT2D eigenvalue weighted by Gasteiger charge is 2.17. The highest BCUT2D eigenvalue weighted by atomic mass is 35.5. The van der Waals surface area contributed by atoms with Crippen molar-refractivity contribution >= 4 is 12.4 Å². The predicted octanol–water partition coefficient (Wildman–Crippen LogP) is 2.42. The van der Waals surface area contributed by atoms with E-state index in [0.29, 0.717) is 11.8 Å². The molecule has 1 aliphatic heterocycles. The molecule has 1 saturated heterocycles. The molecule has 0 atom stereocenters. The molecule has 0 unspecified atom stereocenters. The fourth-order valence-corrected chi connectivity index (χ4v) is 1.99. The summed E-state index contributed by atoms with van der Waals surface area (Å²) in [5.41, 5.74) is 2.52. The third kappa shape index (κ3) is 2.95. The topological polar surface area (TPSA) is 40.7 Å². The molecule has 2 N–H and O–H groups in total. The molecule has 1 aromatic rings. The lowest BCUT2D eigenvalue weighted by Crippen LogP contribution is -2.26. The molecule has 0 aromatic carbocycles. The molecule has 86 valence electrons. The summed E-state index contributed by atoms with van der Waals surface area (Å²) >= 11 is 0. The van der Waals surface area contributed by atoms with Crippen molar-refractivity contribution in [1.29, 1.82) is 0 Å². The van der Waals surface area contributed by atoms with E-state index < -0.39 is 0 Å². The summed E-state index contributed by atoms with van der Waals surface area (Å²) < 4.78 is 0. The fraction of sp³-hybridized carbons (Fsp3) is 0.727. The van der Waals surface area contributed by atoms with E-state index in [1.807, 2.05) is 0 Å². The first-order valence-corrected chi connectivity index (χ1v) is 5.53. The van der Waals surface area contributed by atoms with Crippen LogP contribution in [0.25, 0.3) is 0 Å². The van der Waals surface area contributed by atoms with Crippen LogP contribution in [0.3, 0.4) is 0 Å². The standard InChI is InChI=1S/C11H19N3.ClH/c1-8(2)10-7-11(14-13-10)9-3-5-12-6-4-9;/h7-9,12H,3-6H2,1-2H3,(H,13,14);1H. The van der Waals surface area contributed by atoms with Crippen molar-refractivity contribution in [3.8, 4) is 0 Å². The summed E-state index contributed by atoms with van der Waals surface area (Å²) in [6.07, 6.45) is 2.47. The van der Waals surface area contributed by atoms with Gasteiger partial charge in [-0.05, 0) is 37.9 Å². The monoisotopic (exact) mass is 229 g/mol. The number of halogens is 1. The number of nitrogens with one attached hydrogen (secondary N) is 2. The van der Waals surface area contributed by atoms with Gasteiger partial charge in [0.25, 0.3) is 0 Å². The smallest absolute Gasteiger partial charge is 0.0650 e. The van der Waals surface area contributed by atoms with Crippen molar-refractivity contribution in [2.45, 2.75) is 38.5 Å². The zero-order chi connectivity index (χ0) is 9.97. The summed E-state index contributed by atoms with van der Waals surface area (Å²) in [6.45, 7) is 6.64. The van der Waals surface area contributed by atoms with E-state index in [1.165, 1.54) is 24.2 Å². The molecule has 0 bridgehead atoms. The normalized spacial score (nSPS) is 17.8. The third-order valence-electron chi connectivity index (χ3n) is 2.99. The van der Waals surface area contributed by atoms with Gasteiger partial charge in [0, 0.05) is 11.6 Å². The molecule has 0 radical (unpaired) electrons. The average Bonchev–Trinajstić information content (AvgIpc) is 2.68. The summed E-state index contributed by atoms with van der Waals surface area (Å²) in [5.74, 6) is 1.22. The quantitative estimate of drug-likeness (QED) is 0.818. The number of hydrogen-bond donors (Lipinski definition) is 2. The fourth-order valence-electron chi connectivity index (χ4n) is 1.99. The second kappa shape index (κ2) is 5.52. The van der Waals surface area contributed by atoms with Gasteiger partial charge in [-0.25, -0.2) is 0 Å². The average molecular weight is 230 g/mol. The van der Waals surface area contributed by atoms with Crippen LogP contribution in [0.4, 0.5) is 0 Å². The number of rotatable bonds is 2. The van der Waals surface area contributed by atoms with Gasteiger partial charge in [-0.15, -0.1) is 12.4 Å². The molecule has 3 nitrogen and oxygen atoms in total. The number of aromatic nitrogens is 2. The van der Waals surface area contributed by atoms with Crippen molar-refractivity contribution in [3.63, 3.8) is 0 Å². The van der Waals surface area contributed by atoms with Crippen molar-refractivity contribution in [1.82, 2.24) is 15.5 Å². The Labute approximate surface area is 97.4 Å². The Morgan fingerprint density at radius 1 is 1.33 bits per heavy atom. The van der Waals surface area contributed by atoms with Gasteiger partial charge in [0.2, 0.25) is 0 Å². The van der Waals surface area contributed by atoms with Gasteiger partial charge in [0.05, 0.1) is 5.69 Å². The molecule has 0 spiro atoms. The second-order valence-corrected chi connectivity index (χ2v) is 4.43. The van der Waals surface area contributed by atoms with Gasteiger partial charge in [-0.2, -0.15) is 5.10 Å². The Balaban J connectivity index is 0.00000112. The van der Waals surface area contributed by atoms with Gasteiger partial charge < -0.3 is 5.32 Å². The maximum absolute atomic E-state index is 4.35. The molecular formula is C11H20ClN3. The summed E-state index contributed by atoms with van der Waals surface area (Å²) in [7, 11) is 0. The van der Waals surface area contributed by atoms with Gasteiger partial charge in [0.15, 0.2) is 0 Å². The molecular weight excluding hydrogens is 210 g/mol. The number of piperidine rings is 1. The zero-order valence-electron chi connectivity index (χ0n) is 9.42. The molecule has 0 amide bonds. The van der Waals surface area contributed by atoms with E-state index in [4.69, 9.17) is 0 Å². The number of nitrogens with zero attached hydrogens (tertiary/aromatic N) is 1. The molecule has 15 heavy (non-hydrogen) atoms. The SMILES string of the molecule is CC(C)c1cc(C2CCNCC2)[nH]n1.Cl. The van der Waals surface area contributed by atoms with Gasteiger partial charge in [-0.1, -0.05) is 13.8 Å². The lowest BCUT2D eigenvalue weighted by atomic mass is 9.94. The van der Waals surface area contributed by atoms with Crippen LogP contribution in [0.15, 0.2) is 6.07 Å².